The highest BCUT2D eigenvalue weighted by Gasteiger charge is 2.41. The molecule has 4 heterocycles. The molecule has 2 aliphatic rings. The molecule has 2 aliphatic heterocycles. The van der Waals surface area contributed by atoms with E-state index in [1.165, 1.54) is 4.52 Å². The SMILES string of the molecule is FC(F)(F)Cc1nnc2ccc(N3CCC4(CC3)COC4)nn12. The van der Waals surface area contributed by atoms with E-state index in [9.17, 15) is 13.2 Å². The summed E-state index contributed by atoms with van der Waals surface area (Å²) >= 11 is 0. The molecule has 23 heavy (non-hydrogen) atoms. The van der Waals surface area contributed by atoms with Crippen molar-refractivity contribution in [2.75, 3.05) is 31.2 Å². The van der Waals surface area contributed by atoms with Crippen molar-refractivity contribution in [3.63, 3.8) is 0 Å². The van der Waals surface area contributed by atoms with Gasteiger partial charge in [0.15, 0.2) is 11.5 Å². The fraction of sp³-hybridized carbons (Fsp3) is 0.643. The highest BCUT2D eigenvalue weighted by atomic mass is 19.4. The molecular formula is C14H16F3N5O. The summed E-state index contributed by atoms with van der Waals surface area (Å²) in [6.45, 7) is 3.29. The molecule has 6 nitrogen and oxygen atoms in total. The molecule has 0 unspecified atom stereocenters. The van der Waals surface area contributed by atoms with Crippen LogP contribution in [-0.2, 0) is 11.2 Å². The molecule has 4 rings (SSSR count). The molecule has 0 radical (unpaired) electrons. The second-order valence-corrected chi connectivity index (χ2v) is 6.35. The van der Waals surface area contributed by atoms with Crippen LogP contribution in [0, 0.1) is 5.41 Å². The quantitative estimate of drug-likeness (QED) is 0.842. The van der Waals surface area contributed by atoms with Gasteiger partial charge in [0, 0.05) is 18.5 Å². The summed E-state index contributed by atoms with van der Waals surface area (Å²) in [4.78, 5) is 2.10. The fourth-order valence-electron chi connectivity index (χ4n) is 3.17. The second kappa shape index (κ2) is 5.05. The molecular weight excluding hydrogens is 311 g/mol. The van der Waals surface area contributed by atoms with Crippen LogP contribution in [0.3, 0.4) is 0 Å². The number of ether oxygens (including phenoxy) is 1. The molecule has 124 valence electrons. The van der Waals surface area contributed by atoms with Gasteiger partial charge in [-0.15, -0.1) is 15.3 Å². The van der Waals surface area contributed by atoms with E-state index in [4.69, 9.17) is 4.74 Å². The zero-order valence-electron chi connectivity index (χ0n) is 12.4. The second-order valence-electron chi connectivity index (χ2n) is 6.35. The van der Waals surface area contributed by atoms with Crippen LogP contribution in [0.25, 0.3) is 5.65 Å². The third-order valence-electron chi connectivity index (χ3n) is 4.64. The first-order valence-electron chi connectivity index (χ1n) is 7.55. The van der Waals surface area contributed by atoms with Gasteiger partial charge in [-0.3, -0.25) is 0 Å². The number of alkyl halides is 3. The normalized spacial score (nSPS) is 20.9. The van der Waals surface area contributed by atoms with Crippen LogP contribution in [0.5, 0.6) is 0 Å². The number of rotatable bonds is 2. The van der Waals surface area contributed by atoms with E-state index in [-0.39, 0.29) is 5.82 Å². The van der Waals surface area contributed by atoms with Gasteiger partial charge in [0.05, 0.1) is 13.2 Å². The van der Waals surface area contributed by atoms with Crippen molar-refractivity contribution >= 4 is 11.5 Å². The number of piperidine rings is 1. The van der Waals surface area contributed by atoms with Crippen molar-refractivity contribution in [1.82, 2.24) is 19.8 Å². The van der Waals surface area contributed by atoms with Gasteiger partial charge < -0.3 is 9.64 Å². The van der Waals surface area contributed by atoms with Crippen molar-refractivity contribution in [1.29, 1.82) is 0 Å². The average molecular weight is 327 g/mol. The van der Waals surface area contributed by atoms with Crippen LogP contribution in [0.2, 0.25) is 0 Å². The lowest BCUT2D eigenvalue weighted by molar-refractivity contribution is -0.128. The molecule has 0 bridgehead atoms. The molecule has 0 aromatic carbocycles. The molecule has 2 aromatic heterocycles. The lowest BCUT2D eigenvalue weighted by Gasteiger charge is -2.47. The highest BCUT2D eigenvalue weighted by Crippen LogP contribution is 2.39. The largest absolute Gasteiger partial charge is 0.396 e. The molecule has 0 N–H and O–H groups in total. The Kier molecular flexibility index (Phi) is 3.22. The van der Waals surface area contributed by atoms with E-state index < -0.39 is 12.6 Å². The smallest absolute Gasteiger partial charge is 0.380 e. The number of fused-ring (bicyclic) bond motifs is 1. The molecule has 0 amide bonds. The Labute approximate surface area is 130 Å². The number of hydrogen-bond donors (Lipinski definition) is 0. The van der Waals surface area contributed by atoms with Crippen LogP contribution >= 0.6 is 0 Å². The number of nitrogens with zero attached hydrogens (tertiary/aromatic N) is 5. The van der Waals surface area contributed by atoms with Crippen LogP contribution in [0.15, 0.2) is 12.1 Å². The number of aromatic nitrogens is 4. The van der Waals surface area contributed by atoms with Crippen molar-refractivity contribution in [3.8, 4) is 0 Å². The van der Waals surface area contributed by atoms with Crippen LogP contribution in [0.4, 0.5) is 19.0 Å². The van der Waals surface area contributed by atoms with Gasteiger partial charge in [0.2, 0.25) is 0 Å². The molecule has 1 spiro atoms. The van der Waals surface area contributed by atoms with Crippen molar-refractivity contribution < 1.29 is 17.9 Å². The first-order chi connectivity index (χ1) is 10.9. The number of anilines is 1. The Balaban J connectivity index is 1.57. The van der Waals surface area contributed by atoms with E-state index >= 15 is 0 Å². The summed E-state index contributed by atoms with van der Waals surface area (Å²) in [6, 6.07) is 3.45. The summed E-state index contributed by atoms with van der Waals surface area (Å²) in [5.41, 5.74) is 0.632. The Hall–Kier alpha value is -1.90. The summed E-state index contributed by atoms with van der Waals surface area (Å²) in [5.74, 6) is 0.478. The first-order valence-corrected chi connectivity index (χ1v) is 7.55. The maximum atomic E-state index is 12.6. The fourth-order valence-corrected chi connectivity index (χ4v) is 3.17. The van der Waals surface area contributed by atoms with Crippen LogP contribution in [-0.4, -0.2) is 52.3 Å². The minimum Gasteiger partial charge on any atom is -0.380 e. The predicted molar refractivity (Wildman–Crippen MR) is 75.2 cm³/mol. The van der Waals surface area contributed by atoms with E-state index in [0.29, 0.717) is 16.9 Å². The lowest BCUT2D eigenvalue weighted by Crippen LogP contribution is -2.51. The van der Waals surface area contributed by atoms with E-state index in [0.717, 1.165) is 39.1 Å². The average Bonchev–Trinajstić information content (AvgIpc) is 2.86. The summed E-state index contributed by atoms with van der Waals surface area (Å²) in [7, 11) is 0. The van der Waals surface area contributed by atoms with E-state index in [1.54, 1.807) is 12.1 Å². The van der Waals surface area contributed by atoms with Gasteiger partial charge in [0.1, 0.15) is 12.2 Å². The van der Waals surface area contributed by atoms with Crippen LogP contribution in [0.1, 0.15) is 18.7 Å². The first kappa shape index (κ1) is 14.7. The highest BCUT2D eigenvalue weighted by molar-refractivity contribution is 5.46. The maximum Gasteiger partial charge on any atom is 0.396 e. The Bertz CT molecular complexity index is 715. The maximum absolute atomic E-state index is 12.6. The zero-order valence-corrected chi connectivity index (χ0v) is 12.4. The molecule has 0 atom stereocenters. The third-order valence-corrected chi connectivity index (χ3v) is 4.64. The van der Waals surface area contributed by atoms with Gasteiger partial charge in [-0.1, -0.05) is 0 Å². The third kappa shape index (κ3) is 2.73. The monoisotopic (exact) mass is 327 g/mol. The molecule has 2 fully saturated rings. The summed E-state index contributed by atoms with van der Waals surface area (Å²) < 4.78 is 44.3. The molecule has 2 aromatic rings. The van der Waals surface area contributed by atoms with E-state index in [1.807, 2.05) is 0 Å². The minimum atomic E-state index is -4.33. The van der Waals surface area contributed by atoms with Gasteiger partial charge in [-0.05, 0) is 25.0 Å². The predicted octanol–water partition coefficient (Wildman–Crippen LogP) is 1.85. The van der Waals surface area contributed by atoms with Gasteiger partial charge in [0.25, 0.3) is 0 Å². The van der Waals surface area contributed by atoms with Crippen molar-refractivity contribution in [2.24, 2.45) is 5.41 Å². The van der Waals surface area contributed by atoms with Crippen molar-refractivity contribution in [2.45, 2.75) is 25.4 Å². The molecule has 0 saturated carbocycles. The van der Waals surface area contributed by atoms with Crippen LogP contribution < -0.4 is 4.90 Å². The Morgan fingerprint density at radius 2 is 1.87 bits per heavy atom. The summed E-state index contributed by atoms with van der Waals surface area (Å²) in [6.07, 6.45) is -3.43. The molecule has 0 aliphatic carbocycles. The zero-order chi connectivity index (χ0) is 16.1. The van der Waals surface area contributed by atoms with Gasteiger partial charge in [-0.2, -0.15) is 17.7 Å². The Morgan fingerprint density at radius 3 is 2.48 bits per heavy atom. The van der Waals surface area contributed by atoms with Gasteiger partial charge >= 0.3 is 6.18 Å². The topological polar surface area (TPSA) is 55.5 Å². The van der Waals surface area contributed by atoms with Gasteiger partial charge in [-0.25, -0.2) is 0 Å². The number of halogens is 3. The number of hydrogen-bond acceptors (Lipinski definition) is 5. The lowest BCUT2D eigenvalue weighted by atomic mass is 9.77. The molecule has 2 saturated heterocycles. The minimum absolute atomic E-state index is 0.185. The molecule has 9 heteroatoms. The van der Waals surface area contributed by atoms with E-state index in [2.05, 4.69) is 20.2 Å². The Morgan fingerprint density at radius 1 is 1.13 bits per heavy atom. The summed E-state index contributed by atoms with van der Waals surface area (Å²) in [5, 5.41) is 11.7. The van der Waals surface area contributed by atoms with Crippen molar-refractivity contribution in [3.05, 3.63) is 18.0 Å². The standard InChI is InChI=1S/C14H16F3N5O/c15-14(16,17)7-12-19-18-10-1-2-11(20-22(10)12)21-5-3-13(4-6-21)8-23-9-13/h1-2H,3-9H2.